The van der Waals surface area contributed by atoms with Crippen LogP contribution < -0.4 is 10.2 Å². The van der Waals surface area contributed by atoms with Crippen molar-refractivity contribution < 1.29 is 9.21 Å². The van der Waals surface area contributed by atoms with Gasteiger partial charge in [-0.3, -0.25) is 4.79 Å². The monoisotopic (exact) mass is 300 g/mol. The third-order valence-corrected chi connectivity index (χ3v) is 3.86. The van der Waals surface area contributed by atoms with E-state index in [0.717, 1.165) is 18.9 Å². The fraction of sp³-hybridized carbons (Fsp3) is 0.438. The zero-order chi connectivity index (χ0) is 15.4. The van der Waals surface area contributed by atoms with Gasteiger partial charge in [0.1, 0.15) is 17.3 Å². The summed E-state index contributed by atoms with van der Waals surface area (Å²) >= 11 is 0. The summed E-state index contributed by atoms with van der Waals surface area (Å²) in [7, 11) is 0. The van der Waals surface area contributed by atoms with Crippen LogP contribution in [0.4, 0.5) is 5.82 Å². The molecule has 1 aliphatic rings. The summed E-state index contributed by atoms with van der Waals surface area (Å²) in [6.07, 6.45) is 7.23. The van der Waals surface area contributed by atoms with Gasteiger partial charge in [0.15, 0.2) is 0 Å². The topological polar surface area (TPSA) is 71.3 Å². The highest BCUT2D eigenvalue weighted by Crippen LogP contribution is 2.20. The van der Waals surface area contributed by atoms with E-state index in [9.17, 15) is 4.79 Å². The molecule has 1 aliphatic heterocycles. The standard InChI is InChI=1S/C16H20N4O2/c1-12-4-2-6-20(11-12)15-10-17-14(9-18-15)16(21)19-8-13-5-3-7-22-13/h3,5,7,9-10,12H,2,4,6,8,11H2,1H3,(H,19,21). The van der Waals surface area contributed by atoms with Gasteiger partial charge in [-0.15, -0.1) is 0 Å². The Labute approximate surface area is 129 Å². The van der Waals surface area contributed by atoms with E-state index in [1.807, 2.05) is 6.07 Å². The number of furan rings is 1. The van der Waals surface area contributed by atoms with Crippen molar-refractivity contribution in [3.63, 3.8) is 0 Å². The van der Waals surface area contributed by atoms with Crippen molar-refractivity contribution in [2.75, 3.05) is 18.0 Å². The molecule has 6 heteroatoms. The Balaban J connectivity index is 1.59. The third-order valence-electron chi connectivity index (χ3n) is 3.86. The molecule has 3 heterocycles. The van der Waals surface area contributed by atoms with Gasteiger partial charge in [0.2, 0.25) is 0 Å². The van der Waals surface area contributed by atoms with Gasteiger partial charge in [-0.1, -0.05) is 6.92 Å². The Morgan fingerprint density at radius 3 is 3.05 bits per heavy atom. The first-order valence-corrected chi connectivity index (χ1v) is 7.60. The number of carbonyl (C=O) groups excluding carboxylic acids is 1. The van der Waals surface area contributed by atoms with E-state index in [2.05, 4.69) is 27.1 Å². The average Bonchev–Trinajstić information content (AvgIpc) is 3.06. The lowest BCUT2D eigenvalue weighted by Crippen LogP contribution is -2.35. The minimum atomic E-state index is -0.248. The first kappa shape index (κ1) is 14.6. The number of carbonyl (C=O) groups is 1. The van der Waals surface area contributed by atoms with E-state index in [0.29, 0.717) is 23.9 Å². The number of rotatable bonds is 4. The summed E-state index contributed by atoms with van der Waals surface area (Å²) < 4.78 is 5.17. The lowest BCUT2D eigenvalue weighted by atomic mass is 10.0. The van der Waals surface area contributed by atoms with Crippen LogP contribution in [0.2, 0.25) is 0 Å². The minimum absolute atomic E-state index is 0.248. The number of nitrogens with one attached hydrogen (secondary N) is 1. The fourth-order valence-corrected chi connectivity index (χ4v) is 2.67. The van der Waals surface area contributed by atoms with E-state index in [1.54, 1.807) is 18.5 Å². The highest BCUT2D eigenvalue weighted by molar-refractivity contribution is 5.91. The maximum absolute atomic E-state index is 12.0. The Morgan fingerprint density at radius 1 is 1.45 bits per heavy atom. The van der Waals surface area contributed by atoms with Crippen molar-refractivity contribution in [1.82, 2.24) is 15.3 Å². The van der Waals surface area contributed by atoms with Gasteiger partial charge in [0, 0.05) is 13.1 Å². The number of hydrogen-bond acceptors (Lipinski definition) is 5. The highest BCUT2D eigenvalue weighted by Gasteiger charge is 2.18. The van der Waals surface area contributed by atoms with Gasteiger partial charge in [-0.25, -0.2) is 9.97 Å². The average molecular weight is 300 g/mol. The second-order valence-electron chi connectivity index (χ2n) is 5.72. The molecule has 0 radical (unpaired) electrons. The number of piperidine rings is 1. The molecule has 1 fully saturated rings. The first-order valence-electron chi connectivity index (χ1n) is 7.60. The maximum Gasteiger partial charge on any atom is 0.271 e. The number of amides is 1. The largest absolute Gasteiger partial charge is 0.467 e. The van der Waals surface area contributed by atoms with Crippen molar-refractivity contribution in [2.24, 2.45) is 5.92 Å². The molecule has 0 bridgehead atoms. The maximum atomic E-state index is 12.0. The molecule has 6 nitrogen and oxygen atoms in total. The minimum Gasteiger partial charge on any atom is -0.467 e. The number of hydrogen-bond donors (Lipinski definition) is 1. The van der Waals surface area contributed by atoms with Crippen molar-refractivity contribution >= 4 is 11.7 Å². The van der Waals surface area contributed by atoms with Gasteiger partial charge in [0.25, 0.3) is 5.91 Å². The van der Waals surface area contributed by atoms with Crippen LogP contribution in [-0.2, 0) is 6.54 Å². The summed E-state index contributed by atoms with van der Waals surface area (Å²) in [6.45, 7) is 4.59. The molecule has 0 spiro atoms. The quantitative estimate of drug-likeness (QED) is 0.937. The molecule has 0 saturated carbocycles. The molecule has 1 atom stereocenters. The van der Waals surface area contributed by atoms with E-state index in [1.165, 1.54) is 19.0 Å². The van der Waals surface area contributed by atoms with E-state index in [4.69, 9.17) is 4.42 Å². The van der Waals surface area contributed by atoms with Crippen LogP contribution >= 0.6 is 0 Å². The van der Waals surface area contributed by atoms with Gasteiger partial charge >= 0.3 is 0 Å². The van der Waals surface area contributed by atoms with E-state index in [-0.39, 0.29) is 5.91 Å². The molecule has 0 aliphatic carbocycles. The zero-order valence-electron chi connectivity index (χ0n) is 12.7. The van der Waals surface area contributed by atoms with Crippen molar-refractivity contribution in [3.8, 4) is 0 Å². The SMILES string of the molecule is CC1CCCN(c2cnc(C(=O)NCc3ccco3)cn2)C1. The Kier molecular flexibility index (Phi) is 4.37. The molecule has 2 aromatic heterocycles. The molecule has 1 saturated heterocycles. The van der Waals surface area contributed by atoms with Crippen molar-refractivity contribution in [3.05, 3.63) is 42.2 Å². The normalized spacial score (nSPS) is 18.2. The second kappa shape index (κ2) is 6.60. The molecule has 1 N–H and O–H groups in total. The van der Waals surface area contributed by atoms with Crippen molar-refractivity contribution in [1.29, 1.82) is 0 Å². The molecular formula is C16H20N4O2. The molecule has 3 rings (SSSR count). The number of anilines is 1. The van der Waals surface area contributed by atoms with Crippen LogP contribution in [-0.4, -0.2) is 29.0 Å². The summed E-state index contributed by atoms with van der Waals surface area (Å²) in [5, 5.41) is 2.76. The van der Waals surface area contributed by atoms with Crippen LogP contribution in [0.3, 0.4) is 0 Å². The third kappa shape index (κ3) is 3.44. The van der Waals surface area contributed by atoms with E-state index >= 15 is 0 Å². The molecular weight excluding hydrogens is 280 g/mol. The van der Waals surface area contributed by atoms with Crippen LogP contribution in [0.15, 0.2) is 35.2 Å². The molecule has 2 aromatic rings. The van der Waals surface area contributed by atoms with Crippen LogP contribution in [0.5, 0.6) is 0 Å². The summed E-state index contributed by atoms with van der Waals surface area (Å²) in [6, 6.07) is 3.60. The van der Waals surface area contributed by atoms with Crippen molar-refractivity contribution in [2.45, 2.75) is 26.3 Å². The lowest BCUT2D eigenvalue weighted by Gasteiger charge is -2.31. The van der Waals surface area contributed by atoms with Gasteiger partial charge in [0.05, 0.1) is 25.2 Å². The summed E-state index contributed by atoms with van der Waals surface area (Å²) in [4.78, 5) is 22.9. The number of aromatic nitrogens is 2. The lowest BCUT2D eigenvalue weighted by molar-refractivity contribution is 0.0942. The van der Waals surface area contributed by atoms with Gasteiger partial charge < -0.3 is 14.6 Å². The van der Waals surface area contributed by atoms with Crippen LogP contribution in [0.1, 0.15) is 36.0 Å². The number of nitrogens with zero attached hydrogens (tertiary/aromatic N) is 3. The Morgan fingerprint density at radius 2 is 2.36 bits per heavy atom. The fourth-order valence-electron chi connectivity index (χ4n) is 2.67. The Bertz CT molecular complexity index is 610. The molecule has 0 aromatic carbocycles. The van der Waals surface area contributed by atoms with Crippen LogP contribution in [0, 0.1) is 5.92 Å². The van der Waals surface area contributed by atoms with Gasteiger partial charge in [-0.05, 0) is 30.9 Å². The smallest absolute Gasteiger partial charge is 0.271 e. The Hall–Kier alpha value is -2.37. The highest BCUT2D eigenvalue weighted by atomic mass is 16.3. The summed E-state index contributed by atoms with van der Waals surface area (Å²) in [5.74, 6) is 1.98. The van der Waals surface area contributed by atoms with Gasteiger partial charge in [-0.2, -0.15) is 0 Å². The summed E-state index contributed by atoms with van der Waals surface area (Å²) in [5.41, 5.74) is 0.320. The van der Waals surface area contributed by atoms with E-state index < -0.39 is 0 Å². The first-order chi connectivity index (χ1) is 10.7. The second-order valence-corrected chi connectivity index (χ2v) is 5.72. The van der Waals surface area contributed by atoms with Crippen LogP contribution in [0.25, 0.3) is 0 Å². The molecule has 22 heavy (non-hydrogen) atoms. The predicted molar refractivity (Wildman–Crippen MR) is 82.5 cm³/mol. The molecule has 116 valence electrons. The predicted octanol–water partition coefficient (Wildman–Crippen LogP) is 2.24. The molecule has 1 unspecified atom stereocenters. The molecule has 1 amide bonds. The zero-order valence-corrected chi connectivity index (χ0v) is 12.7.